The van der Waals surface area contributed by atoms with Crippen LogP contribution in [0.5, 0.6) is 0 Å². The third kappa shape index (κ3) is 2.94. The van der Waals surface area contributed by atoms with E-state index in [0.717, 1.165) is 11.1 Å². The van der Waals surface area contributed by atoms with Crippen molar-refractivity contribution in [1.29, 1.82) is 5.26 Å². The van der Waals surface area contributed by atoms with Crippen LogP contribution >= 0.6 is 0 Å². The average Bonchev–Trinajstić information content (AvgIpc) is 3.14. The first-order valence-electron chi connectivity index (χ1n) is 9.97. The number of nitrogens with zero attached hydrogens (tertiary/aromatic N) is 1. The number of esters is 2. The predicted molar refractivity (Wildman–Crippen MR) is 122 cm³/mol. The van der Waals surface area contributed by atoms with Crippen molar-refractivity contribution in [2.24, 2.45) is 0 Å². The number of rotatable bonds is 3. The zero-order valence-electron chi connectivity index (χ0n) is 16.8. The molecule has 1 aliphatic heterocycles. The number of nitrogen functional groups attached to an aromatic ring is 1. The molecular formula is C27H16N2O3. The topological polar surface area (TPSA) is 93.2 Å². The molecule has 0 aliphatic carbocycles. The molecule has 0 unspecified atom stereocenters. The van der Waals surface area contributed by atoms with Crippen molar-refractivity contribution >= 4 is 17.6 Å². The van der Waals surface area contributed by atoms with E-state index in [1.54, 1.807) is 0 Å². The maximum Gasteiger partial charge on any atom is 0.349 e. The Morgan fingerprint density at radius 3 is 1.66 bits per heavy atom. The SMILES string of the molecule is N#Cc1c(N)c2c(c(-c3ccc(-c4ccccc4)cc3)c1-c1ccccc1)C(=O)OC2=O. The zero-order chi connectivity index (χ0) is 22.2. The Hall–Kier alpha value is -4.69. The summed E-state index contributed by atoms with van der Waals surface area (Å²) < 4.78 is 4.89. The maximum absolute atomic E-state index is 12.7. The minimum Gasteiger partial charge on any atom is -0.397 e. The summed E-state index contributed by atoms with van der Waals surface area (Å²) >= 11 is 0. The van der Waals surface area contributed by atoms with Gasteiger partial charge in [-0.05, 0) is 22.3 Å². The first kappa shape index (κ1) is 19.3. The van der Waals surface area contributed by atoms with Gasteiger partial charge in [0, 0.05) is 11.1 Å². The summed E-state index contributed by atoms with van der Waals surface area (Å²) in [6.07, 6.45) is 0. The van der Waals surface area contributed by atoms with E-state index >= 15 is 0 Å². The van der Waals surface area contributed by atoms with Crippen molar-refractivity contribution in [1.82, 2.24) is 0 Å². The van der Waals surface area contributed by atoms with Gasteiger partial charge in [0.2, 0.25) is 0 Å². The number of carbonyl (C=O) groups is 2. The smallest absolute Gasteiger partial charge is 0.349 e. The van der Waals surface area contributed by atoms with Gasteiger partial charge in [-0.25, -0.2) is 9.59 Å². The number of cyclic esters (lactones) is 2. The molecule has 1 heterocycles. The first-order chi connectivity index (χ1) is 15.6. The number of hydrogen-bond acceptors (Lipinski definition) is 5. The Kier molecular flexibility index (Phi) is 4.54. The van der Waals surface area contributed by atoms with Crippen LogP contribution in [0.15, 0.2) is 84.9 Å². The minimum absolute atomic E-state index is 0.0399. The second-order valence-corrected chi connectivity index (χ2v) is 7.39. The summed E-state index contributed by atoms with van der Waals surface area (Å²) in [6.45, 7) is 0. The Bertz CT molecular complexity index is 1420. The van der Waals surface area contributed by atoms with Gasteiger partial charge in [0.05, 0.1) is 22.4 Å². The normalized spacial score (nSPS) is 12.2. The number of fused-ring (bicyclic) bond motifs is 1. The van der Waals surface area contributed by atoms with Crippen molar-refractivity contribution < 1.29 is 14.3 Å². The summed E-state index contributed by atoms with van der Waals surface area (Å²) in [5.41, 5.74) is 10.8. The van der Waals surface area contributed by atoms with E-state index in [1.807, 2.05) is 84.9 Å². The van der Waals surface area contributed by atoms with Gasteiger partial charge in [-0.3, -0.25) is 0 Å². The Balaban J connectivity index is 1.83. The monoisotopic (exact) mass is 416 g/mol. The van der Waals surface area contributed by atoms with Crippen LogP contribution in [0.4, 0.5) is 5.69 Å². The number of nitriles is 1. The van der Waals surface area contributed by atoms with Crippen molar-refractivity contribution in [2.75, 3.05) is 5.73 Å². The molecule has 0 amide bonds. The van der Waals surface area contributed by atoms with Crippen LogP contribution in [0.1, 0.15) is 26.3 Å². The van der Waals surface area contributed by atoms with Gasteiger partial charge in [-0.2, -0.15) is 5.26 Å². The molecular weight excluding hydrogens is 400 g/mol. The predicted octanol–water partition coefficient (Wildman–Crippen LogP) is 5.45. The lowest BCUT2D eigenvalue weighted by atomic mass is 9.83. The molecule has 0 spiro atoms. The fraction of sp³-hybridized carbons (Fsp3) is 0. The molecule has 2 N–H and O–H groups in total. The Morgan fingerprint density at radius 1 is 0.594 bits per heavy atom. The lowest BCUT2D eigenvalue weighted by Crippen LogP contribution is -2.07. The van der Waals surface area contributed by atoms with Gasteiger partial charge in [0.15, 0.2) is 0 Å². The number of carbonyl (C=O) groups excluding carboxylic acids is 2. The standard InChI is InChI=1S/C27H16N2O3/c28-15-20-21(18-9-5-2-6-10-18)22(23-24(25(20)29)27(31)32-26(23)30)19-13-11-17(12-14-19)16-7-3-1-4-8-16/h1-14H,29H2. The summed E-state index contributed by atoms with van der Waals surface area (Å²) in [5, 5.41) is 9.94. The lowest BCUT2D eigenvalue weighted by Gasteiger charge is -2.17. The van der Waals surface area contributed by atoms with Gasteiger partial charge in [-0.15, -0.1) is 0 Å². The van der Waals surface area contributed by atoms with Gasteiger partial charge >= 0.3 is 11.9 Å². The highest BCUT2D eigenvalue weighted by Crippen LogP contribution is 2.45. The molecule has 0 atom stereocenters. The van der Waals surface area contributed by atoms with E-state index in [4.69, 9.17) is 10.5 Å². The molecule has 0 saturated heterocycles. The lowest BCUT2D eigenvalue weighted by molar-refractivity contribution is 0.0444. The molecule has 5 heteroatoms. The number of benzene rings is 4. The third-order valence-electron chi connectivity index (χ3n) is 5.59. The molecule has 152 valence electrons. The fourth-order valence-electron chi connectivity index (χ4n) is 4.13. The van der Waals surface area contributed by atoms with E-state index in [1.165, 1.54) is 0 Å². The van der Waals surface area contributed by atoms with Crippen LogP contribution in [0.3, 0.4) is 0 Å². The van der Waals surface area contributed by atoms with E-state index in [0.29, 0.717) is 22.3 Å². The highest BCUT2D eigenvalue weighted by atomic mass is 16.6. The number of ether oxygens (including phenoxy) is 1. The average molecular weight is 416 g/mol. The van der Waals surface area contributed by atoms with Crippen LogP contribution in [0.25, 0.3) is 33.4 Å². The minimum atomic E-state index is -0.833. The molecule has 1 aliphatic rings. The zero-order valence-corrected chi connectivity index (χ0v) is 16.8. The van der Waals surface area contributed by atoms with Crippen molar-refractivity contribution in [3.63, 3.8) is 0 Å². The Labute approximate surface area is 184 Å². The molecule has 0 aromatic heterocycles. The van der Waals surface area contributed by atoms with Crippen LogP contribution in [0, 0.1) is 11.3 Å². The highest BCUT2D eigenvalue weighted by molar-refractivity contribution is 6.23. The molecule has 5 nitrogen and oxygen atoms in total. The van der Waals surface area contributed by atoms with Crippen molar-refractivity contribution in [3.05, 3.63) is 102 Å². The number of hydrogen-bond donors (Lipinski definition) is 1. The maximum atomic E-state index is 12.7. The molecule has 32 heavy (non-hydrogen) atoms. The van der Waals surface area contributed by atoms with Gasteiger partial charge in [0.1, 0.15) is 6.07 Å². The van der Waals surface area contributed by atoms with Crippen molar-refractivity contribution in [2.45, 2.75) is 0 Å². The van der Waals surface area contributed by atoms with Gasteiger partial charge in [0.25, 0.3) is 0 Å². The van der Waals surface area contributed by atoms with Crippen LogP contribution in [-0.2, 0) is 4.74 Å². The fourth-order valence-corrected chi connectivity index (χ4v) is 4.13. The summed E-state index contributed by atoms with van der Waals surface area (Å²) in [5.74, 6) is -1.60. The molecule has 0 radical (unpaired) electrons. The molecule has 5 rings (SSSR count). The second kappa shape index (κ2) is 7.53. The molecule has 0 bridgehead atoms. The van der Waals surface area contributed by atoms with Crippen LogP contribution < -0.4 is 5.73 Å². The highest BCUT2D eigenvalue weighted by Gasteiger charge is 2.38. The summed E-state index contributed by atoms with van der Waals surface area (Å²) in [6, 6.07) is 28.9. The first-order valence-corrected chi connectivity index (χ1v) is 9.97. The molecule has 4 aromatic rings. The molecule has 0 fully saturated rings. The van der Waals surface area contributed by atoms with E-state index < -0.39 is 11.9 Å². The second-order valence-electron chi connectivity index (χ2n) is 7.39. The van der Waals surface area contributed by atoms with Gasteiger partial charge in [-0.1, -0.05) is 84.9 Å². The quantitative estimate of drug-likeness (QED) is 0.272. The van der Waals surface area contributed by atoms with E-state index in [2.05, 4.69) is 6.07 Å². The van der Waals surface area contributed by atoms with Crippen LogP contribution in [-0.4, -0.2) is 11.9 Å². The van der Waals surface area contributed by atoms with E-state index in [-0.39, 0.29) is 22.4 Å². The van der Waals surface area contributed by atoms with E-state index in [9.17, 15) is 14.9 Å². The molecule has 4 aromatic carbocycles. The van der Waals surface area contributed by atoms with Crippen molar-refractivity contribution in [3.8, 4) is 39.4 Å². The summed E-state index contributed by atoms with van der Waals surface area (Å²) in [4.78, 5) is 25.1. The molecule has 0 saturated carbocycles. The number of nitrogens with two attached hydrogens (primary N) is 1. The van der Waals surface area contributed by atoms with Gasteiger partial charge < -0.3 is 10.5 Å². The summed E-state index contributed by atoms with van der Waals surface area (Å²) in [7, 11) is 0. The largest absolute Gasteiger partial charge is 0.397 e. The number of anilines is 1. The Morgan fingerprint density at radius 2 is 1.06 bits per heavy atom. The third-order valence-corrected chi connectivity index (χ3v) is 5.59. The van der Waals surface area contributed by atoms with Crippen LogP contribution in [0.2, 0.25) is 0 Å².